The number of nitrogens with zero attached hydrogens (tertiary/aromatic N) is 2. The lowest BCUT2D eigenvalue weighted by Gasteiger charge is -2.59. The van der Waals surface area contributed by atoms with E-state index in [0.717, 1.165) is 71.6 Å². The Morgan fingerprint density at radius 1 is 0.811 bits per heavy atom. The summed E-state index contributed by atoms with van der Waals surface area (Å²) in [6.45, 7) is 5.64. The number of hydrogen-bond donors (Lipinski definition) is 2. The number of fused-ring (bicyclic) bond motifs is 4. The molecule has 3 aliphatic heterocycles. The molecule has 1 saturated heterocycles. The summed E-state index contributed by atoms with van der Waals surface area (Å²) >= 11 is 0. The van der Waals surface area contributed by atoms with Crippen LogP contribution in [0.4, 0.5) is 4.79 Å². The second-order valence-corrected chi connectivity index (χ2v) is 19.8. The number of ether oxygens (including phenoxy) is 8. The number of allylic oxidation sites excluding steroid dienone is 1. The number of aliphatic hydroxyl groups is 2. The van der Waals surface area contributed by atoms with Crippen LogP contribution in [0.2, 0.25) is 0 Å². The fraction of sp³-hybridized carbons (Fsp3) is 0.433. The Morgan fingerprint density at radius 2 is 1.59 bits per heavy atom. The highest BCUT2D eigenvalue weighted by Gasteiger charge is 2.66. The molecule has 5 aliphatic rings. The first kappa shape index (κ1) is 51.1. The standard InChI is InChI=1S/C60H68N2O12/c1-2-29-71-60-55(62(38-42-21-25-53-54(33-42)70-40-69-53)59(65)68-32-31-66-39-41-14-4-3-5-15-41)37-51(61-74-56-20-10-13-30-67-56)49-35-45(18-8-11-27-63)48(19-9-12-28-64)57(58(49)60)50-36-47(24-26-52(50)73-60)72-46-23-22-43-16-6-7-17-44(43)34-46/h2-7,14-17,21-26,33-36,45,48,55-58,63-64H,1,8-13,18-20,27-32,37-40H2. The molecule has 2 aliphatic carbocycles. The van der Waals surface area contributed by atoms with E-state index < -0.39 is 30.1 Å². The SMILES string of the molecule is C=CCOC12Oc3ccc(Oc4ccc5ccccc5c4)cc3C3C(CCCCO)C(CCCCO)C=C(C(=NOC4CCCCO4)CC1N(Cc1ccc4c(c1)OCO4)C(=O)OCCOCc1ccccc1)C32. The first-order chi connectivity index (χ1) is 36.4. The number of benzene rings is 5. The van der Waals surface area contributed by atoms with E-state index in [0.29, 0.717) is 66.9 Å². The van der Waals surface area contributed by atoms with Gasteiger partial charge in [0.25, 0.3) is 0 Å². The van der Waals surface area contributed by atoms with Gasteiger partial charge in [0.1, 0.15) is 29.9 Å². The Kier molecular flexibility index (Phi) is 16.8. The van der Waals surface area contributed by atoms with Crippen molar-refractivity contribution >= 4 is 22.6 Å². The zero-order valence-corrected chi connectivity index (χ0v) is 42.0. The summed E-state index contributed by atoms with van der Waals surface area (Å²) in [5, 5.41) is 27.5. The van der Waals surface area contributed by atoms with Gasteiger partial charge >= 0.3 is 6.09 Å². The molecule has 5 aromatic carbocycles. The third kappa shape index (κ3) is 11.4. The molecule has 0 radical (unpaired) electrons. The van der Waals surface area contributed by atoms with Gasteiger partial charge in [0.15, 0.2) is 11.5 Å². The lowest BCUT2D eigenvalue weighted by Crippen LogP contribution is -2.70. The summed E-state index contributed by atoms with van der Waals surface area (Å²) in [7, 11) is 0. The van der Waals surface area contributed by atoms with Crippen LogP contribution in [0, 0.1) is 17.8 Å². The number of rotatable bonds is 23. The minimum atomic E-state index is -1.54. The third-order valence-electron chi connectivity index (χ3n) is 15.0. The molecule has 2 fully saturated rings. The lowest BCUT2D eigenvalue weighted by atomic mass is 9.55. The van der Waals surface area contributed by atoms with Crippen LogP contribution < -0.4 is 18.9 Å². The lowest BCUT2D eigenvalue weighted by molar-refractivity contribution is -0.256. The molecule has 390 valence electrons. The second-order valence-electron chi connectivity index (χ2n) is 19.8. The van der Waals surface area contributed by atoms with Crippen LogP contribution in [0.15, 0.2) is 139 Å². The van der Waals surface area contributed by atoms with Gasteiger partial charge in [0.05, 0.1) is 38.1 Å². The van der Waals surface area contributed by atoms with E-state index in [9.17, 15) is 10.2 Å². The summed E-state index contributed by atoms with van der Waals surface area (Å²) < 4.78 is 51.4. The fourth-order valence-electron chi connectivity index (χ4n) is 11.6. The van der Waals surface area contributed by atoms with Crippen molar-refractivity contribution in [3.05, 3.63) is 150 Å². The van der Waals surface area contributed by atoms with Crippen molar-refractivity contribution in [1.82, 2.24) is 4.90 Å². The van der Waals surface area contributed by atoms with Crippen LogP contribution in [0.3, 0.4) is 0 Å². The molecule has 1 amide bonds. The normalized spacial score (nSPS) is 24.0. The Morgan fingerprint density at radius 3 is 2.42 bits per heavy atom. The summed E-state index contributed by atoms with van der Waals surface area (Å²) in [5.74, 6) is 0.794. The Bertz CT molecular complexity index is 2760. The van der Waals surface area contributed by atoms with Gasteiger partial charge in [0, 0.05) is 44.1 Å². The average Bonchev–Trinajstić information content (AvgIpc) is 3.92. The van der Waals surface area contributed by atoms with E-state index in [2.05, 4.69) is 36.9 Å². The highest BCUT2D eigenvalue weighted by Crippen LogP contribution is 2.62. The van der Waals surface area contributed by atoms with Gasteiger partial charge in [-0.3, -0.25) is 4.90 Å². The molecule has 0 spiro atoms. The average molecular weight is 1010 g/mol. The molecule has 74 heavy (non-hydrogen) atoms. The molecule has 7 unspecified atom stereocenters. The predicted octanol–water partition coefficient (Wildman–Crippen LogP) is 11.4. The topological polar surface area (TPSA) is 156 Å². The number of carbonyl (C=O) groups excluding carboxylic acids is 1. The zero-order valence-electron chi connectivity index (χ0n) is 42.0. The van der Waals surface area contributed by atoms with Gasteiger partial charge in [-0.05, 0) is 120 Å². The molecule has 1 saturated carbocycles. The summed E-state index contributed by atoms with van der Waals surface area (Å²) in [5.41, 5.74) is 4.29. The quantitative estimate of drug-likeness (QED) is 0.0363. The first-order valence-electron chi connectivity index (χ1n) is 26.4. The van der Waals surface area contributed by atoms with Gasteiger partial charge in [-0.1, -0.05) is 96.9 Å². The predicted molar refractivity (Wildman–Crippen MR) is 279 cm³/mol. The van der Waals surface area contributed by atoms with E-state index in [-0.39, 0.29) is 70.5 Å². The second kappa shape index (κ2) is 24.3. The Labute approximate surface area is 433 Å². The smallest absolute Gasteiger partial charge is 0.410 e. The highest BCUT2D eigenvalue weighted by atomic mass is 16.8. The van der Waals surface area contributed by atoms with E-state index >= 15 is 4.79 Å². The van der Waals surface area contributed by atoms with Crippen molar-refractivity contribution in [1.29, 1.82) is 0 Å². The van der Waals surface area contributed by atoms with E-state index in [1.54, 1.807) is 11.0 Å². The van der Waals surface area contributed by atoms with Crippen LogP contribution >= 0.6 is 0 Å². The van der Waals surface area contributed by atoms with Crippen molar-refractivity contribution in [2.75, 3.05) is 46.4 Å². The van der Waals surface area contributed by atoms with Crippen LogP contribution in [-0.4, -0.2) is 91.5 Å². The van der Waals surface area contributed by atoms with Crippen molar-refractivity contribution < 1.29 is 57.7 Å². The molecule has 3 heterocycles. The summed E-state index contributed by atoms with van der Waals surface area (Å²) in [6.07, 6.45) is 10.1. The van der Waals surface area contributed by atoms with Crippen LogP contribution in [0.5, 0.6) is 28.7 Å². The van der Waals surface area contributed by atoms with Gasteiger partial charge in [-0.15, -0.1) is 6.58 Å². The molecule has 7 atom stereocenters. The Hall–Kier alpha value is -6.42. The number of amides is 1. The number of carbonyl (C=O) groups is 1. The maximum Gasteiger partial charge on any atom is 0.410 e. The molecular weight excluding hydrogens is 941 g/mol. The van der Waals surface area contributed by atoms with Gasteiger partial charge in [-0.2, -0.15) is 0 Å². The first-order valence-corrected chi connectivity index (χ1v) is 26.4. The molecular formula is C60H68N2O12. The highest BCUT2D eigenvalue weighted by molar-refractivity contribution is 6.03. The van der Waals surface area contributed by atoms with Gasteiger partial charge < -0.3 is 52.9 Å². The van der Waals surface area contributed by atoms with Crippen molar-refractivity contribution in [2.45, 2.75) is 101 Å². The van der Waals surface area contributed by atoms with Crippen LogP contribution in [0.1, 0.15) is 86.8 Å². The van der Waals surface area contributed by atoms with Crippen LogP contribution in [0.25, 0.3) is 10.8 Å². The Balaban J connectivity index is 1.11. The minimum absolute atomic E-state index is 0.00195. The molecule has 2 N–H and O–H groups in total. The maximum absolute atomic E-state index is 15.2. The van der Waals surface area contributed by atoms with E-state index in [4.69, 9.17) is 47.9 Å². The monoisotopic (exact) mass is 1010 g/mol. The van der Waals surface area contributed by atoms with Crippen LogP contribution in [-0.2, 0) is 36.9 Å². The summed E-state index contributed by atoms with van der Waals surface area (Å²) in [6, 6.07) is 34.9. The molecule has 14 heteroatoms. The van der Waals surface area contributed by atoms with Crippen molar-refractivity contribution in [3.63, 3.8) is 0 Å². The number of aliphatic hydroxyl groups excluding tert-OH is 2. The summed E-state index contributed by atoms with van der Waals surface area (Å²) in [4.78, 5) is 23.3. The molecule has 0 bridgehead atoms. The number of oxime groups is 1. The van der Waals surface area contributed by atoms with Gasteiger partial charge in [-0.25, -0.2) is 4.79 Å². The maximum atomic E-state index is 15.2. The largest absolute Gasteiger partial charge is 0.459 e. The molecule has 10 rings (SSSR count). The number of hydrogen-bond acceptors (Lipinski definition) is 13. The fourth-order valence-corrected chi connectivity index (χ4v) is 11.6. The van der Waals surface area contributed by atoms with Gasteiger partial charge in [0.2, 0.25) is 18.9 Å². The van der Waals surface area contributed by atoms with E-state index in [1.165, 1.54) is 0 Å². The zero-order chi connectivity index (χ0) is 50.7. The van der Waals surface area contributed by atoms with Crippen molar-refractivity contribution in [2.24, 2.45) is 22.9 Å². The number of unbranched alkanes of at least 4 members (excludes halogenated alkanes) is 2. The van der Waals surface area contributed by atoms with E-state index in [1.807, 2.05) is 84.9 Å². The molecule has 14 nitrogen and oxygen atoms in total. The molecule has 0 aromatic heterocycles. The third-order valence-corrected chi connectivity index (χ3v) is 15.0. The van der Waals surface area contributed by atoms with Crippen molar-refractivity contribution in [3.8, 4) is 28.7 Å². The molecule has 5 aromatic rings. The minimum Gasteiger partial charge on any atom is -0.459 e.